The normalized spacial score (nSPS) is 13.9. The lowest BCUT2D eigenvalue weighted by molar-refractivity contribution is 0.343. The Hall–Kier alpha value is -3.66. The summed E-state index contributed by atoms with van der Waals surface area (Å²) in [4.78, 5) is 26.9. The van der Waals surface area contributed by atoms with Crippen LogP contribution in [0.5, 0.6) is 0 Å². The Morgan fingerprint density at radius 3 is 2.75 bits per heavy atom. The van der Waals surface area contributed by atoms with Gasteiger partial charge in [-0.2, -0.15) is 4.98 Å². The second-order valence-corrected chi connectivity index (χ2v) is 10.0. The van der Waals surface area contributed by atoms with Crippen molar-refractivity contribution in [2.45, 2.75) is 52.1 Å². The molecule has 0 saturated carbocycles. The number of anilines is 2. The van der Waals surface area contributed by atoms with Crippen molar-refractivity contribution in [3.63, 3.8) is 0 Å². The number of halogens is 2. The van der Waals surface area contributed by atoms with Crippen molar-refractivity contribution >= 4 is 22.7 Å². The SMILES string of the molecule is CC(C)n1c(=O)c2cnc(Nc3cc4c(cc3F)CNCC4)nc2n1-c1cccc(C(C)(C)CF)n1. The number of nitrogens with zero attached hydrogens (tertiary/aromatic N) is 5. The minimum atomic E-state index is -0.789. The fourth-order valence-corrected chi connectivity index (χ4v) is 4.45. The van der Waals surface area contributed by atoms with Gasteiger partial charge in [0, 0.05) is 24.2 Å². The predicted octanol–water partition coefficient (Wildman–Crippen LogP) is 4.33. The van der Waals surface area contributed by atoms with E-state index in [4.69, 9.17) is 0 Å². The van der Waals surface area contributed by atoms with Crippen LogP contribution in [0, 0.1) is 5.82 Å². The van der Waals surface area contributed by atoms with Crippen LogP contribution in [0.25, 0.3) is 16.9 Å². The Bertz CT molecular complexity index is 1510. The van der Waals surface area contributed by atoms with E-state index in [1.807, 2.05) is 13.8 Å². The number of hydrogen-bond acceptors (Lipinski definition) is 6. The topological polar surface area (TPSA) is 89.7 Å². The molecule has 0 radical (unpaired) electrons. The zero-order valence-electron chi connectivity index (χ0n) is 20.8. The minimum absolute atomic E-state index is 0.158. The van der Waals surface area contributed by atoms with Crippen LogP contribution < -0.4 is 16.2 Å². The van der Waals surface area contributed by atoms with Gasteiger partial charge in [-0.3, -0.25) is 9.18 Å². The summed E-state index contributed by atoms with van der Waals surface area (Å²) in [5.41, 5.74) is 2.11. The summed E-state index contributed by atoms with van der Waals surface area (Å²) in [5.74, 6) is 0.193. The zero-order chi connectivity index (χ0) is 25.6. The molecular weight excluding hydrogens is 464 g/mol. The van der Waals surface area contributed by atoms with Crippen molar-refractivity contribution in [2.75, 3.05) is 18.5 Å². The molecule has 0 amide bonds. The van der Waals surface area contributed by atoms with Crippen molar-refractivity contribution in [3.8, 4) is 5.82 Å². The van der Waals surface area contributed by atoms with E-state index in [0.717, 1.165) is 24.1 Å². The highest BCUT2D eigenvalue weighted by Gasteiger charge is 2.25. The predicted molar refractivity (Wildman–Crippen MR) is 135 cm³/mol. The minimum Gasteiger partial charge on any atom is -0.322 e. The second-order valence-electron chi connectivity index (χ2n) is 10.0. The number of aromatic nitrogens is 5. The first-order valence-electron chi connectivity index (χ1n) is 12.0. The summed E-state index contributed by atoms with van der Waals surface area (Å²) in [6.45, 7) is 8.21. The van der Waals surface area contributed by atoms with Crippen LogP contribution >= 0.6 is 0 Å². The smallest absolute Gasteiger partial charge is 0.278 e. The van der Waals surface area contributed by atoms with Crippen LogP contribution in [0.2, 0.25) is 0 Å². The first kappa shape index (κ1) is 24.1. The molecule has 1 aliphatic rings. The molecule has 0 atom stereocenters. The highest BCUT2D eigenvalue weighted by Crippen LogP contribution is 2.27. The van der Waals surface area contributed by atoms with Gasteiger partial charge in [-0.15, -0.1) is 0 Å². The lowest BCUT2D eigenvalue weighted by atomic mass is 9.90. The molecule has 0 unspecified atom stereocenters. The van der Waals surface area contributed by atoms with Gasteiger partial charge in [0.25, 0.3) is 5.56 Å². The maximum absolute atomic E-state index is 14.8. The first-order valence-corrected chi connectivity index (χ1v) is 12.0. The lowest BCUT2D eigenvalue weighted by Gasteiger charge is -2.21. The van der Waals surface area contributed by atoms with E-state index in [1.165, 1.54) is 12.3 Å². The molecule has 4 heterocycles. The largest absolute Gasteiger partial charge is 0.322 e. The first-order chi connectivity index (χ1) is 17.2. The third-order valence-corrected chi connectivity index (χ3v) is 6.51. The van der Waals surface area contributed by atoms with E-state index < -0.39 is 17.9 Å². The summed E-state index contributed by atoms with van der Waals surface area (Å²) in [6, 6.07) is 8.40. The fraction of sp³-hybridized carbons (Fsp3) is 0.385. The number of fused-ring (bicyclic) bond motifs is 2. The Kier molecular flexibility index (Phi) is 6.07. The maximum atomic E-state index is 14.8. The average Bonchev–Trinajstić information content (AvgIpc) is 3.16. The van der Waals surface area contributed by atoms with E-state index in [-0.39, 0.29) is 23.2 Å². The molecule has 10 heteroatoms. The molecule has 0 saturated heterocycles. The van der Waals surface area contributed by atoms with Crippen LogP contribution in [0.1, 0.15) is 50.6 Å². The third kappa shape index (κ3) is 4.15. The van der Waals surface area contributed by atoms with Gasteiger partial charge in [-0.1, -0.05) is 19.9 Å². The lowest BCUT2D eigenvalue weighted by Crippen LogP contribution is -2.26. The van der Waals surface area contributed by atoms with Gasteiger partial charge in [0.15, 0.2) is 11.5 Å². The molecule has 4 aromatic rings. The van der Waals surface area contributed by atoms with Crippen molar-refractivity contribution in [1.82, 2.24) is 29.6 Å². The van der Waals surface area contributed by atoms with Gasteiger partial charge < -0.3 is 10.6 Å². The molecule has 0 fully saturated rings. The molecule has 36 heavy (non-hydrogen) atoms. The number of alkyl halides is 1. The highest BCUT2D eigenvalue weighted by atomic mass is 19.1. The van der Waals surface area contributed by atoms with Gasteiger partial charge >= 0.3 is 0 Å². The van der Waals surface area contributed by atoms with Crippen molar-refractivity contribution in [1.29, 1.82) is 0 Å². The molecule has 1 aromatic carbocycles. The summed E-state index contributed by atoms with van der Waals surface area (Å²) < 4.78 is 31.7. The zero-order valence-corrected chi connectivity index (χ0v) is 20.8. The highest BCUT2D eigenvalue weighted by molar-refractivity contribution is 5.77. The third-order valence-electron chi connectivity index (χ3n) is 6.51. The van der Waals surface area contributed by atoms with E-state index in [9.17, 15) is 13.6 Å². The molecular formula is C26H29F2N7O. The average molecular weight is 494 g/mol. The number of nitrogens with one attached hydrogen (secondary N) is 2. The molecule has 0 spiro atoms. The summed E-state index contributed by atoms with van der Waals surface area (Å²) in [6.07, 6.45) is 2.25. The Labute approximate surface area is 207 Å². The van der Waals surface area contributed by atoms with Crippen LogP contribution in [-0.2, 0) is 18.4 Å². The summed E-state index contributed by atoms with van der Waals surface area (Å²) in [7, 11) is 0. The Balaban J connectivity index is 1.64. The van der Waals surface area contributed by atoms with Gasteiger partial charge in [0.1, 0.15) is 17.9 Å². The Morgan fingerprint density at radius 1 is 1.19 bits per heavy atom. The maximum Gasteiger partial charge on any atom is 0.278 e. The molecule has 8 nitrogen and oxygen atoms in total. The van der Waals surface area contributed by atoms with Crippen molar-refractivity contribution in [2.24, 2.45) is 0 Å². The van der Waals surface area contributed by atoms with Gasteiger partial charge in [0.05, 0.1) is 11.4 Å². The summed E-state index contributed by atoms with van der Waals surface area (Å²) in [5, 5.41) is 6.53. The van der Waals surface area contributed by atoms with Gasteiger partial charge in [0.2, 0.25) is 5.95 Å². The van der Waals surface area contributed by atoms with Crippen LogP contribution in [0.3, 0.4) is 0 Å². The Morgan fingerprint density at radius 2 is 2.00 bits per heavy atom. The molecule has 0 bridgehead atoms. The number of hydrogen-bond donors (Lipinski definition) is 2. The number of pyridine rings is 1. The summed E-state index contributed by atoms with van der Waals surface area (Å²) >= 11 is 0. The monoisotopic (exact) mass is 493 g/mol. The molecule has 3 aromatic heterocycles. The quantitative estimate of drug-likeness (QED) is 0.416. The number of rotatable bonds is 6. The van der Waals surface area contributed by atoms with Crippen molar-refractivity contribution in [3.05, 3.63) is 69.5 Å². The van der Waals surface area contributed by atoms with Crippen LogP contribution in [0.15, 0.2) is 41.3 Å². The molecule has 0 aliphatic carbocycles. The molecule has 2 N–H and O–H groups in total. The molecule has 188 valence electrons. The molecule has 1 aliphatic heterocycles. The van der Waals surface area contributed by atoms with E-state index in [0.29, 0.717) is 29.1 Å². The number of benzene rings is 1. The second kappa shape index (κ2) is 9.09. The van der Waals surface area contributed by atoms with E-state index in [2.05, 4.69) is 25.6 Å². The standard InChI is InChI=1S/C26H29F2N7O/c1-15(2)34-24(36)18-13-30-25(31-20-11-16-8-9-29-12-17(16)10-19(20)28)33-23(18)35(34)22-7-5-6-21(32-22)26(3,4)14-27/h5-7,10-11,13,15,29H,8-9,12,14H2,1-4H3,(H,30,31,33). The fourth-order valence-electron chi connectivity index (χ4n) is 4.45. The van der Waals surface area contributed by atoms with Crippen molar-refractivity contribution < 1.29 is 8.78 Å². The van der Waals surface area contributed by atoms with Crippen LogP contribution in [-0.4, -0.2) is 37.5 Å². The molecule has 5 rings (SSSR count). The van der Waals surface area contributed by atoms with Gasteiger partial charge in [-0.05, 0) is 62.2 Å². The van der Waals surface area contributed by atoms with E-state index >= 15 is 0 Å². The van der Waals surface area contributed by atoms with Gasteiger partial charge in [-0.25, -0.2) is 23.7 Å². The van der Waals surface area contributed by atoms with Crippen LogP contribution in [0.4, 0.5) is 20.4 Å². The van der Waals surface area contributed by atoms with E-state index in [1.54, 1.807) is 47.5 Å².